The standard InChI is InChI=1S/C22H21BrN4O2/c23-16-4-5-19-17(13-16)18(14-20(26-19)15-6-9-24-10-7-15)22(29)25-8-2-12-27-11-1-3-21(27)28/h4-7,9-10,13-14H,1-3,8,11-12H2,(H,25,29). The second kappa shape index (κ2) is 8.69. The molecule has 148 valence electrons. The Balaban J connectivity index is 1.55. The van der Waals surface area contributed by atoms with Gasteiger partial charge in [-0.15, -0.1) is 0 Å². The van der Waals surface area contributed by atoms with Crippen LogP contribution in [-0.4, -0.2) is 46.3 Å². The highest BCUT2D eigenvalue weighted by Crippen LogP contribution is 2.27. The fourth-order valence-electron chi connectivity index (χ4n) is 3.56. The topological polar surface area (TPSA) is 75.2 Å². The Morgan fingerprint density at radius 1 is 1.17 bits per heavy atom. The third kappa shape index (κ3) is 4.45. The van der Waals surface area contributed by atoms with Crippen LogP contribution < -0.4 is 5.32 Å². The molecule has 3 heterocycles. The number of fused-ring (bicyclic) bond motifs is 1. The first-order valence-electron chi connectivity index (χ1n) is 9.68. The third-order valence-corrected chi connectivity index (χ3v) is 5.55. The van der Waals surface area contributed by atoms with Crippen LogP contribution in [0.1, 0.15) is 29.6 Å². The molecule has 4 rings (SSSR count). The number of pyridine rings is 2. The number of benzene rings is 1. The van der Waals surface area contributed by atoms with Crippen molar-refractivity contribution in [2.75, 3.05) is 19.6 Å². The van der Waals surface area contributed by atoms with Crippen LogP contribution >= 0.6 is 15.9 Å². The Morgan fingerprint density at radius 2 is 2.00 bits per heavy atom. The molecule has 0 atom stereocenters. The highest BCUT2D eigenvalue weighted by Gasteiger charge is 2.19. The molecule has 1 aromatic carbocycles. The minimum absolute atomic E-state index is 0.140. The first-order chi connectivity index (χ1) is 14.1. The first kappa shape index (κ1) is 19.5. The molecule has 1 aliphatic heterocycles. The molecule has 7 heteroatoms. The maximum absolute atomic E-state index is 13.0. The average molecular weight is 453 g/mol. The van der Waals surface area contributed by atoms with Crippen molar-refractivity contribution < 1.29 is 9.59 Å². The Bertz CT molecular complexity index is 1060. The quantitative estimate of drug-likeness (QED) is 0.577. The summed E-state index contributed by atoms with van der Waals surface area (Å²) in [6.07, 6.45) is 5.73. The van der Waals surface area contributed by atoms with E-state index in [0.29, 0.717) is 25.1 Å². The second-order valence-electron chi connectivity index (χ2n) is 7.05. The van der Waals surface area contributed by atoms with Crippen LogP contribution in [0.15, 0.2) is 53.3 Å². The minimum atomic E-state index is -0.140. The molecule has 3 aromatic rings. The van der Waals surface area contributed by atoms with Crippen LogP contribution in [0, 0.1) is 0 Å². The highest BCUT2D eigenvalue weighted by atomic mass is 79.9. The minimum Gasteiger partial charge on any atom is -0.352 e. The molecule has 1 N–H and O–H groups in total. The van der Waals surface area contributed by atoms with E-state index in [-0.39, 0.29) is 11.8 Å². The maximum Gasteiger partial charge on any atom is 0.252 e. The summed E-state index contributed by atoms with van der Waals surface area (Å²) in [6.45, 7) is 2.03. The van der Waals surface area contributed by atoms with Gasteiger partial charge in [-0.3, -0.25) is 14.6 Å². The summed E-state index contributed by atoms with van der Waals surface area (Å²) in [5, 5.41) is 3.79. The lowest BCUT2D eigenvalue weighted by Gasteiger charge is -2.15. The molecule has 0 unspecified atom stereocenters. The number of aromatic nitrogens is 2. The van der Waals surface area contributed by atoms with E-state index in [1.54, 1.807) is 12.4 Å². The maximum atomic E-state index is 13.0. The van der Waals surface area contributed by atoms with Gasteiger partial charge in [0, 0.05) is 53.9 Å². The number of carbonyl (C=O) groups is 2. The van der Waals surface area contributed by atoms with Crippen molar-refractivity contribution in [1.82, 2.24) is 20.2 Å². The molecule has 0 saturated carbocycles. The van der Waals surface area contributed by atoms with Crippen LogP contribution in [0.2, 0.25) is 0 Å². The average Bonchev–Trinajstić information content (AvgIpc) is 3.15. The predicted octanol–water partition coefficient (Wildman–Crippen LogP) is 3.80. The Kier molecular flexibility index (Phi) is 5.85. The van der Waals surface area contributed by atoms with Gasteiger partial charge in [-0.05, 0) is 49.2 Å². The number of hydrogen-bond donors (Lipinski definition) is 1. The number of rotatable bonds is 6. The van der Waals surface area contributed by atoms with Crippen molar-refractivity contribution >= 4 is 38.6 Å². The smallest absolute Gasteiger partial charge is 0.252 e. The van der Waals surface area contributed by atoms with Crippen molar-refractivity contribution in [3.63, 3.8) is 0 Å². The van der Waals surface area contributed by atoms with Crippen molar-refractivity contribution in [3.05, 3.63) is 58.8 Å². The van der Waals surface area contributed by atoms with Crippen LogP contribution in [-0.2, 0) is 4.79 Å². The summed E-state index contributed by atoms with van der Waals surface area (Å²) in [6, 6.07) is 11.3. The zero-order chi connectivity index (χ0) is 20.2. The van der Waals surface area contributed by atoms with Gasteiger partial charge in [-0.25, -0.2) is 4.98 Å². The van der Waals surface area contributed by atoms with Gasteiger partial charge in [-0.2, -0.15) is 0 Å². The van der Waals surface area contributed by atoms with Crippen molar-refractivity contribution in [2.24, 2.45) is 0 Å². The molecule has 0 radical (unpaired) electrons. The summed E-state index contributed by atoms with van der Waals surface area (Å²) in [5.74, 6) is 0.0712. The van der Waals surface area contributed by atoms with E-state index in [0.717, 1.165) is 46.0 Å². The molecule has 2 aromatic heterocycles. The summed E-state index contributed by atoms with van der Waals surface area (Å²) in [7, 11) is 0. The molecule has 1 fully saturated rings. The van der Waals surface area contributed by atoms with E-state index in [9.17, 15) is 9.59 Å². The van der Waals surface area contributed by atoms with Gasteiger partial charge in [0.25, 0.3) is 5.91 Å². The van der Waals surface area contributed by atoms with Gasteiger partial charge < -0.3 is 10.2 Å². The van der Waals surface area contributed by atoms with E-state index in [1.165, 1.54) is 0 Å². The van der Waals surface area contributed by atoms with E-state index < -0.39 is 0 Å². The van der Waals surface area contributed by atoms with Crippen molar-refractivity contribution in [1.29, 1.82) is 0 Å². The van der Waals surface area contributed by atoms with Crippen LogP contribution in [0.4, 0.5) is 0 Å². The number of likely N-dealkylation sites (tertiary alicyclic amines) is 1. The fourth-order valence-corrected chi connectivity index (χ4v) is 3.93. The predicted molar refractivity (Wildman–Crippen MR) is 115 cm³/mol. The zero-order valence-corrected chi connectivity index (χ0v) is 17.5. The van der Waals surface area contributed by atoms with Crippen molar-refractivity contribution in [2.45, 2.75) is 19.3 Å². The molecule has 0 spiro atoms. The summed E-state index contributed by atoms with van der Waals surface area (Å²) >= 11 is 3.48. The normalized spacial score (nSPS) is 13.8. The molecule has 0 bridgehead atoms. The van der Waals surface area contributed by atoms with E-state index in [2.05, 4.69) is 26.2 Å². The van der Waals surface area contributed by atoms with E-state index in [4.69, 9.17) is 4.98 Å². The van der Waals surface area contributed by atoms with Crippen LogP contribution in [0.25, 0.3) is 22.2 Å². The molecular weight excluding hydrogens is 432 g/mol. The Hall–Kier alpha value is -2.80. The number of halogens is 1. The largest absolute Gasteiger partial charge is 0.352 e. The summed E-state index contributed by atoms with van der Waals surface area (Å²) < 4.78 is 0.894. The number of amides is 2. The van der Waals surface area contributed by atoms with Gasteiger partial charge >= 0.3 is 0 Å². The Labute approximate surface area is 177 Å². The first-order valence-corrected chi connectivity index (χ1v) is 10.5. The molecule has 1 aliphatic rings. The molecule has 6 nitrogen and oxygen atoms in total. The monoisotopic (exact) mass is 452 g/mol. The van der Waals surface area contributed by atoms with Crippen molar-refractivity contribution in [3.8, 4) is 11.3 Å². The summed E-state index contributed by atoms with van der Waals surface area (Å²) in [4.78, 5) is 35.3. The molecule has 0 aliphatic carbocycles. The molecule has 1 saturated heterocycles. The fraction of sp³-hybridized carbons (Fsp3) is 0.273. The van der Waals surface area contributed by atoms with E-state index in [1.807, 2.05) is 41.3 Å². The lowest BCUT2D eigenvalue weighted by Crippen LogP contribution is -2.30. The number of nitrogens with zero attached hydrogens (tertiary/aromatic N) is 3. The van der Waals surface area contributed by atoms with Gasteiger partial charge in [0.1, 0.15) is 0 Å². The van der Waals surface area contributed by atoms with Gasteiger partial charge in [0.15, 0.2) is 0 Å². The van der Waals surface area contributed by atoms with Gasteiger partial charge in [0.2, 0.25) is 5.91 Å². The number of carbonyl (C=O) groups excluding carboxylic acids is 2. The number of hydrogen-bond acceptors (Lipinski definition) is 4. The van der Waals surface area contributed by atoms with E-state index >= 15 is 0 Å². The number of nitrogens with one attached hydrogen (secondary N) is 1. The molecule has 2 amide bonds. The Morgan fingerprint density at radius 3 is 2.76 bits per heavy atom. The molecular formula is C22H21BrN4O2. The lowest BCUT2D eigenvalue weighted by atomic mass is 10.0. The molecule has 29 heavy (non-hydrogen) atoms. The van der Waals surface area contributed by atoms with Crippen LogP contribution in [0.5, 0.6) is 0 Å². The summed E-state index contributed by atoms with van der Waals surface area (Å²) in [5.41, 5.74) is 2.98. The third-order valence-electron chi connectivity index (χ3n) is 5.05. The lowest BCUT2D eigenvalue weighted by molar-refractivity contribution is -0.127. The second-order valence-corrected chi connectivity index (χ2v) is 7.96. The van der Waals surface area contributed by atoms with Gasteiger partial charge in [-0.1, -0.05) is 15.9 Å². The zero-order valence-electron chi connectivity index (χ0n) is 15.9. The highest BCUT2D eigenvalue weighted by molar-refractivity contribution is 9.10. The van der Waals surface area contributed by atoms with Crippen LogP contribution in [0.3, 0.4) is 0 Å². The van der Waals surface area contributed by atoms with Gasteiger partial charge in [0.05, 0.1) is 16.8 Å². The SMILES string of the molecule is O=C(NCCCN1CCCC1=O)c1cc(-c2ccncc2)nc2ccc(Br)cc12.